The smallest absolute Gasteiger partial charge is 0.306 e. The molecule has 0 bridgehead atoms. The van der Waals surface area contributed by atoms with E-state index < -0.39 is 6.10 Å². The maximum Gasteiger partial charge on any atom is 0.306 e. The first-order valence-electron chi connectivity index (χ1n) is 26.7. The predicted octanol–water partition coefficient (Wildman–Crippen LogP) is 18.3. The van der Waals surface area contributed by atoms with E-state index in [0.29, 0.717) is 13.0 Å². The number of ether oxygens (including phenoxy) is 2. The average Bonchev–Trinajstić information content (AvgIpc) is 3.28. The minimum Gasteiger partial charge on any atom is -0.457 e. The molecule has 0 saturated heterocycles. The van der Waals surface area contributed by atoms with Gasteiger partial charge in [-0.05, 0) is 70.6 Å². The van der Waals surface area contributed by atoms with Crippen molar-refractivity contribution >= 4 is 5.97 Å². The molecule has 1 unspecified atom stereocenters. The Bertz CT molecular complexity index is 1090. The summed E-state index contributed by atoms with van der Waals surface area (Å²) >= 11 is 0. The lowest BCUT2D eigenvalue weighted by atomic mass is 10.0. The Morgan fingerprint density at radius 1 is 0.403 bits per heavy atom. The van der Waals surface area contributed by atoms with Crippen LogP contribution in [0.2, 0.25) is 0 Å². The molecule has 4 nitrogen and oxygen atoms in total. The van der Waals surface area contributed by atoms with Gasteiger partial charge < -0.3 is 14.6 Å². The third kappa shape index (κ3) is 51.9. The zero-order valence-electron chi connectivity index (χ0n) is 41.1. The van der Waals surface area contributed by atoms with Crippen LogP contribution in [0.25, 0.3) is 0 Å². The molecule has 0 radical (unpaired) electrons. The van der Waals surface area contributed by atoms with E-state index in [-0.39, 0.29) is 19.2 Å². The Morgan fingerprint density at radius 2 is 0.726 bits per heavy atom. The molecule has 0 aromatic carbocycles. The molecule has 0 saturated carbocycles. The van der Waals surface area contributed by atoms with Crippen LogP contribution in [-0.4, -0.2) is 37.0 Å². The van der Waals surface area contributed by atoms with Crippen molar-refractivity contribution < 1.29 is 19.4 Å². The monoisotopic (exact) mass is 863 g/mol. The van der Waals surface area contributed by atoms with E-state index in [0.717, 1.165) is 77.0 Å². The lowest BCUT2D eigenvalue weighted by Crippen LogP contribution is -2.27. The molecule has 0 rings (SSSR count). The van der Waals surface area contributed by atoms with Crippen LogP contribution in [-0.2, 0) is 14.3 Å². The van der Waals surface area contributed by atoms with Crippen LogP contribution >= 0.6 is 0 Å². The second-order valence-electron chi connectivity index (χ2n) is 17.6. The standard InChI is InChI=1S/C58H102O4/c1-3-5-7-9-11-13-15-17-19-21-23-25-27-29-31-33-35-37-39-41-43-45-47-49-51-53-58(60)62-57(55-59)56-61-54-52-50-48-46-44-42-40-38-36-34-32-30-28-26-24-22-20-18-16-14-12-10-8-6-4-2/h5,7,11,13,17,19,23,25,29,31,35,37,41,43,57,59H,3-4,6,8-10,12,14-16,18,20-22,24,26-28,30,32-34,36,38-40,42,44-56H2,1-2H3/b7-5-,13-11-,19-17-,25-23-,31-29-,37-35-,43-41-. The molecule has 0 aliphatic heterocycles. The third-order valence-electron chi connectivity index (χ3n) is 11.5. The van der Waals surface area contributed by atoms with E-state index >= 15 is 0 Å². The van der Waals surface area contributed by atoms with Crippen molar-refractivity contribution in [3.05, 3.63) is 85.1 Å². The number of unbranched alkanes of at least 4 members (excludes halogenated alkanes) is 27. The first-order chi connectivity index (χ1) is 30.7. The van der Waals surface area contributed by atoms with Crippen molar-refractivity contribution in [3.63, 3.8) is 0 Å². The molecule has 0 aliphatic carbocycles. The Labute approximate surface area is 386 Å². The predicted molar refractivity (Wildman–Crippen MR) is 274 cm³/mol. The summed E-state index contributed by atoms with van der Waals surface area (Å²) in [7, 11) is 0. The molecular formula is C58H102O4. The highest BCUT2D eigenvalue weighted by atomic mass is 16.6. The van der Waals surface area contributed by atoms with Crippen LogP contribution < -0.4 is 0 Å². The van der Waals surface area contributed by atoms with E-state index in [2.05, 4.69) is 98.9 Å². The van der Waals surface area contributed by atoms with Crippen molar-refractivity contribution in [1.29, 1.82) is 0 Å². The van der Waals surface area contributed by atoms with Gasteiger partial charge in [0.1, 0.15) is 6.10 Å². The van der Waals surface area contributed by atoms with Gasteiger partial charge in [0.05, 0.1) is 13.2 Å². The zero-order valence-corrected chi connectivity index (χ0v) is 41.1. The molecule has 0 heterocycles. The Hall–Kier alpha value is -2.43. The van der Waals surface area contributed by atoms with Crippen molar-refractivity contribution in [2.24, 2.45) is 0 Å². The van der Waals surface area contributed by atoms with Crippen LogP contribution in [0.15, 0.2) is 85.1 Å². The van der Waals surface area contributed by atoms with E-state index in [1.165, 1.54) is 154 Å². The summed E-state index contributed by atoms with van der Waals surface area (Å²) in [6.45, 7) is 5.22. The summed E-state index contributed by atoms with van der Waals surface area (Å²) < 4.78 is 11.2. The highest BCUT2D eigenvalue weighted by Gasteiger charge is 2.13. The van der Waals surface area contributed by atoms with E-state index in [1.54, 1.807) is 0 Å². The molecular weight excluding hydrogens is 761 g/mol. The van der Waals surface area contributed by atoms with Crippen molar-refractivity contribution in [2.75, 3.05) is 19.8 Å². The van der Waals surface area contributed by atoms with Crippen LogP contribution in [0.3, 0.4) is 0 Å². The molecule has 1 atom stereocenters. The minimum absolute atomic E-state index is 0.188. The highest BCUT2D eigenvalue weighted by Crippen LogP contribution is 2.16. The highest BCUT2D eigenvalue weighted by molar-refractivity contribution is 5.69. The van der Waals surface area contributed by atoms with Crippen LogP contribution in [0.5, 0.6) is 0 Å². The van der Waals surface area contributed by atoms with Gasteiger partial charge in [0.15, 0.2) is 0 Å². The molecule has 358 valence electrons. The fraction of sp³-hybridized carbons (Fsp3) is 0.741. The number of esters is 1. The van der Waals surface area contributed by atoms with Gasteiger partial charge in [-0.2, -0.15) is 0 Å². The molecule has 0 aromatic heterocycles. The Balaban J connectivity index is 3.48. The van der Waals surface area contributed by atoms with E-state index in [1.807, 2.05) is 0 Å². The maximum absolute atomic E-state index is 12.3. The number of carbonyl (C=O) groups excluding carboxylic acids is 1. The van der Waals surface area contributed by atoms with E-state index in [4.69, 9.17) is 9.47 Å². The van der Waals surface area contributed by atoms with Crippen molar-refractivity contribution in [2.45, 2.75) is 258 Å². The minimum atomic E-state index is -0.557. The maximum atomic E-state index is 12.3. The van der Waals surface area contributed by atoms with Crippen molar-refractivity contribution in [3.8, 4) is 0 Å². The summed E-state index contributed by atoms with van der Waals surface area (Å²) in [5.74, 6) is -0.231. The van der Waals surface area contributed by atoms with Gasteiger partial charge in [-0.15, -0.1) is 0 Å². The van der Waals surface area contributed by atoms with Gasteiger partial charge in [0.25, 0.3) is 0 Å². The molecule has 62 heavy (non-hydrogen) atoms. The zero-order chi connectivity index (χ0) is 44.8. The van der Waals surface area contributed by atoms with Crippen LogP contribution in [0, 0.1) is 0 Å². The molecule has 0 aliphatic rings. The largest absolute Gasteiger partial charge is 0.457 e. The van der Waals surface area contributed by atoms with Gasteiger partial charge in [0.2, 0.25) is 0 Å². The average molecular weight is 863 g/mol. The van der Waals surface area contributed by atoms with Gasteiger partial charge in [-0.25, -0.2) is 0 Å². The summed E-state index contributed by atoms with van der Waals surface area (Å²) in [6.07, 6.45) is 76.9. The fourth-order valence-corrected chi connectivity index (χ4v) is 7.55. The summed E-state index contributed by atoms with van der Waals surface area (Å²) in [4.78, 5) is 12.3. The lowest BCUT2D eigenvalue weighted by molar-refractivity contribution is -0.154. The summed E-state index contributed by atoms with van der Waals surface area (Å²) in [5, 5.41) is 9.66. The summed E-state index contributed by atoms with van der Waals surface area (Å²) in [5.41, 5.74) is 0. The Kier molecular flexibility index (Phi) is 52.6. The molecule has 4 heteroatoms. The normalized spacial score (nSPS) is 13.0. The number of aliphatic hydroxyl groups excluding tert-OH is 1. The molecule has 0 spiro atoms. The number of allylic oxidation sites excluding steroid dienone is 14. The number of aliphatic hydroxyl groups is 1. The van der Waals surface area contributed by atoms with Crippen LogP contribution in [0.1, 0.15) is 251 Å². The van der Waals surface area contributed by atoms with Gasteiger partial charge >= 0.3 is 5.97 Å². The molecule has 1 N–H and O–H groups in total. The number of carbonyl (C=O) groups is 1. The number of hydrogen-bond donors (Lipinski definition) is 1. The van der Waals surface area contributed by atoms with Gasteiger partial charge in [-0.3, -0.25) is 4.79 Å². The topological polar surface area (TPSA) is 55.8 Å². The summed E-state index contributed by atoms with van der Waals surface area (Å²) in [6, 6.07) is 0. The lowest BCUT2D eigenvalue weighted by Gasteiger charge is -2.15. The van der Waals surface area contributed by atoms with Crippen LogP contribution in [0.4, 0.5) is 0 Å². The molecule has 0 fully saturated rings. The fourth-order valence-electron chi connectivity index (χ4n) is 7.55. The van der Waals surface area contributed by atoms with Crippen molar-refractivity contribution in [1.82, 2.24) is 0 Å². The van der Waals surface area contributed by atoms with Gasteiger partial charge in [-0.1, -0.05) is 259 Å². The molecule has 0 amide bonds. The Morgan fingerprint density at radius 3 is 1.08 bits per heavy atom. The second-order valence-corrected chi connectivity index (χ2v) is 17.6. The number of hydrogen-bond acceptors (Lipinski definition) is 4. The molecule has 0 aromatic rings. The van der Waals surface area contributed by atoms with Gasteiger partial charge in [0, 0.05) is 13.0 Å². The van der Waals surface area contributed by atoms with E-state index in [9.17, 15) is 9.90 Å². The first kappa shape index (κ1) is 59.6. The number of rotatable bonds is 49. The second kappa shape index (κ2) is 54.7. The first-order valence-corrected chi connectivity index (χ1v) is 26.7. The SMILES string of the molecule is CC/C=C\C/C=C\C/C=C\C/C=C\C/C=C\C/C=C\C/C=C\CCCCCC(=O)OC(CO)COCCCCCCCCCCCCCCCCCCCCCCCCCCC. The quantitative estimate of drug-likeness (QED) is 0.0376. The third-order valence-corrected chi connectivity index (χ3v) is 11.5.